The van der Waals surface area contributed by atoms with Crippen LogP contribution in [0.5, 0.6) is 0 Å². The average Bonchev–Trinajstić information content (AvgIpc) is 3.51. The molecule has 1 fully saturated rings. The summed E-state index contributed by atoms with van der Waals surface area (Å²) in [6.45, 7) is 7.67. The molecule has 6 rings (SSSR count). The molecule has 0 atom stereocenters. The third-order valence-electron chi connectivity index (χ3n) is 7.16. The van der Waals surface area contributed by atoms with Gasteiger partial charge in [0.2, 0.25) is 0 Å². The zero-order chi connectivity index (χ0) is 25.4. The Bertz CT molecular complexity index is 1510. The second-order valence-corrected chi connectivity index (χ2v) is 10.7. The van der Waals surface area contributed by atoms with Gasteiger partial charge in [-0.25, -0.2) is 9.97 Å². The summed E-state index contributed by atoms with van der Waals surface area (Å²) in [5, 5.41) is 6.44. The van der Waals surface area contributed by atoms with Gasteiger partial charge in [-0.2, -0.15) is 0 Å². The van der Waals surface area contributed by atoms with Crippen molar-refractivity contribution in [3.05, 3.63) is 77.4 Å². The van der Waals surface area contributed by atoms with Crippen LogP contribution >= 0.6 is 11.3 Å². The molecule has 0 amide bonds. The molecule has 7 nitrogen and oxygen atoms in total. The summed E-state index contributed by atoms with van der Waals surface area (Å²) in [7, 11) is 4.29. The number of benzene rings is 2. The molecule has 2 aromatic carbocycles. The van der Waals surface area contributed by atoms with E-state index in [-0.39, 0.29) is 0 Å². The second-order valence-electron chi connectivity index (χ2n) is 9.83. The normalized spacial score (nSPS) is 14.9. The molecule has 188 valence electrons. The maximum atomic E-state index is 5.02. The number of aryl methyl sites for hydroxylation is 2. The van der Waals surface area contributed by atoms with Crippen molar-refractivity contribution in [2.75, 3.05) is 38.5 Å². The molecule has 1 N–H and O–H groups in total. The van der Waals surface area contributed by atoms with E-state index in [1.807, 2.05) is 12.1 Å². The third-order valence-corrected chi connectivity index (χ3v) is 7.92. The van der Waals surface area contributed by atoms with E-state index >= 15 is 0 Å². The Labute approximate surface area is 221 Å². The first-order chi connectivity index (χ1) is 18.0. The molecule has 4 heterocycles. The van der Waals surface area contributed by atoms with E-state index < -0.39 is 0 Å². The van der Waals surface area contributed by atoms with Gasteiger partial charge in [0.05, 0.1) is 16.7 Å². The van der Waals surface area contributed by atoms with Crippen LogP contribution < -0.4 is 5.32 Å². The Kier molecular flexibility index (Phi) is 6.46. The Balaban J connectivity index is 1.22. The lowest BCUT2D eigenvalue weighted by Crippen LogP contribution is -2.43. The quantitative estimate of drug-likeness (QED) is 0.323. The Hall–Kier alpha value is -3.59. The summed E-state index contributed by atoms with van der Waals surface area (Å²) in [4.78, 5) is 18.8. The Morgan fingerprint density at radius 3 is 2.41 bits per heavy atom. The molecule has 3 aromatic heterocycles. The van der Waals surface area contributed by atoms with Crippen molar-refractivity contribution in [1.82, 2.24) is 29.3 Å². The first-order valence-corrected chi connectivity index (χ1v) is 13.5. The fourth-order valence-corrected chi connectivity index (χ4v) is 5.59. The number of piperazine rings is 1. The molecule has 37 heavy (non-hydrogen) atoms. The van der Waals surface area contributed by atoms with E-state index in [4.69, 9.17) is 9.97 Å². The highest BCUT2D eigenvalue weighted by Crippen LogP contribution is 2.32. The molecule has 1 aliphatic rings. The standard InChI is InChI=1S/C29H31N7S/c1-20-16-27-25(17-24(20)32-29-33-26(19-37-29)22-8-10-30-11-9-22)31-28(35(27)3)23-6-4-21(5-7-23)18-36-14-12-34(2)13-15-36/h4-11,16-17,19H,12-15,18H2,1-3H3,(H,32,33). The predicted molar refractivity (Wildman–Crippen MR) is 152 cm³/mol. The molecule has 1 saturated heterocycles. The van der Waals surface area contributed by atoms with Gasteiger partial charge in [0.25, 0.3) is 0 Å². The van der Waals surface area contributed by atoms with Crippen LogP contribution in [0.15, 0.2) is 66.3 Å². The van der Waals surface area contributed by atoms with Crippen LogP contribution in [0.25, 0.3) is 33.7 Å². The number of nitrogens with one attached hydrogen (secondary N) is 1. The Morgan fingerprint density at radius 1 is 0.892 bits per heavy atom. The topological polar surface area (TPSA) is 62.1 Å². The summed E-state index contributed by atoms with van der Waals surface area (Å²) < 4.78 is 2.19. The van der Waals surface area contributed by atoms with Gasteiger partial charge >= 0.3 is 0 Å². The van der Waals surface area contributed by atoms with Crippen molar-refractivity contribution in [2.24, 2.45) is 7.05 Å². The lowest BCUT2D eigenvalue weighted by Gasteiger charge is -2.32. The van der Waals surface area contributed by atoms with Crippen LogP contribution in [0.2, 0.25) is 0 Å². The first kappa shape index (κ1) is 23.8. The highest BCUT2D eigenvalue weighted by atomic mass is 32.1. The van der Waals surface area contributed by atoms with Crippen LogP contribution in [0.3, 0.4) is 0 Å². The largest absolute Gasteiger partial charge is 0.331 e. The second kappa shape index (κ2) is 10.0. The molecule has 0 unspecified atom stereocenters. The number of nitrogens with zero attached hydrogens (tertiary/aromatic N) is 6. The minimum absolute atomic E-state index is 0.862. The van der Waals surface area contributed by atoms with E-state index in [1.54, 1.807) is 23.7 Å². The number of likely N-dealkylation sites (N-methyl/N-ethyl adjacent to an activating group) is 1. The van der Waals surface area contributed by atoms with Crippen molar-refractivity contribution >= 4 is 33.2 Å². The van der Waals surface area contributed by atoms with Crippen LogP contribution in [0.4, 0.5) is 10.8 Å². The van der Waals surface area contributed by atoms with Crippen LogP contribution in [-0.4, -0.2) is 62.5 Å². The number of hydrogen-bond acceptors (Lipinski definition) is 7. The van der Waals surface area contributed by atoms with Gasteiger partial charge in [0.15, 0.2) is 5.13 Å². The molecule has 0 bridgehead atoms. The number of hydrogen-bond donors (Lipinski definition) is 1. The predicted octanol–water partition coefficient (Wildman–Crippen LogP) is 5.56. The van der Waals surface area contributed by atoms with E-state index in [1.165, 1.54) is 5.56 Å². The number of pyridine rings is 1. The summed E-state index contributed by atoms with van der Waals surface area (Å²) in [5.74, 6) is 0.979. The van der Waals surface area contributed by atoms with Gasteiger partial charge in [0.1, 0.15) is 5.82 Å². The maximum Gasteiger partial charge on any atom is 0.187 e. The molecule has 1 aliphatic heterocycles. The summed E-state index contributed by atoms with van der Waals surface area (Å²) in [6.07, 6.45) is 3.58. The Morgan fingerprint density at radius 2 is 1.65 bits per heavy atom. The molecule has 0 aliphatic carbocycles. The van der Waals surface area contributed by atoms with Gasteiger partial charge in [-0.3, -0.25) is 9.88 Å². The van der Waals surface area contributed by atoms with Gasteiger partial charge in [0, 0.05) is 74.4 Å². The van der Waals surface area contributed by atoms with Crippen molar-refractivity contribution in [1.29, 1.82) is 0 Å². The van der Waals surface area contributed by atoms with E-state index in [9.17, 15) is 0 Å². The summed E-state index contributed by atoms with van der Waals surface area (Å²) in [5.41, 5.74) is 8.77. The van der Waals surface area contributed by atoms with Crippen molar-refractivity contribution in [3.8, 4) is 22.6 Å². The monoisotopic (exact) mass is 509 g/mol. The number of fused-ring (bicyclic) bond motifs is 1. The van der Waals surface area contributed by atoms with E-state index in [0.717, 1.165) is 82.8 Å². The van der Waals surface area contributed by atoms with Crippen LogP contribution in [0, 0.1) is 6.92 Å². The summed E-state index contributed by atoms with van der Waals surface area (Å²) in [6, 6.07) is 17.2. The van der Waals surface area contributed by atoms with Gasteiger partial charge in [-0.15, -0.1) is 11.3 Å². The van der Waals surface area contributed by atoms with Crippen molar-refractivity contribution in [3.63, 3.8) is 0 Å². The first-order valence-electron chi connectivity index (χ1n) is 12.6. The van der Waals surface area contributed by atoms with Gasteiger partial charge in [-0.1, -0.05) is 24.3 Å². The van der Waals surface area contributed by atoms with Crippen LogP contribution in [0.1, 0.15) is 11.1 Å². The zero-order valence-corrected chi connectivity index (χ0v) is 22.3. The molecular formula is C29H31N7S. The zero-order valence-electron chi connectivity index (χ0n) is 21.5. The smallest absolute Gasteiger partial charge is 0.187 e. The summed E-state index contributed by atoms with van der Waals surface area (Å²) >= 11 is 1.60. The van der Waals surface area contributed by atoms with E-state index in [0.29, 0.717) is 0 Å². The lowest BCUT2D eigenvalue weighted by atomic mass is 10.1. The molecular weight excluding hydrogens is 478 g/mol. The number of thiazole rings is 1. The highest BCUT2D eigenvalue weighted by molar-refractivity contribution is 7.14. The SMILES string of the molecule is Cc1cc2c(cc1Nc1nc(-c3ccncc3)cs1)nc(-c1ccc(CN3CCN(C)CC3)cc1)n2C. The van der Waals surface area contributed by atoms with Gasteiger partial charge < -0.3 is 14.8 Å². The number of anilines is 2. The third kappa shape index (κ3) is 5.00. The average molecular weight is 510 g/mol. The van der Waals surface area contributed by atoms with Gasteiger partial charge in [-0.05, 0) is 49.4 Å². The fraction of sp³-hybridized carbons (Fsp3) is 0.276. The number of rotatable bonds is 6. The maximum absolute atomic E-state index is 5.02. The molecule has 0 spiro atoms. The number of imidazole rings is 1. The molecule has 0 saturated carbocycles. The molecule has 0 radical (unpaired) electrons. The van der Waals surface area contributed by atoms with Crippen LogP contribution in [-0.2, 0) is 13.6 Å². The van der Waals surface area contributed by atoms with Crippen molar-refractivity contribution < 1.29 is 0 Å². The fourth-order valence-electron chi connectivity index (χ4n) is 4.86. The van der Waals surface area contributed by atoms with E-state index in [2.05, 4.69) is 87.5 Å². The number of aromatic nitrogens is 4. The minimum atomic E-state index is 0.862. The minimum Gasteiger partial charge on any atom is -0.331 e. The molecule has 5 aromatic rings. The van der Waals surface area contributed by atoms with Crippen molar-refractivity contribution in [2.45, 2.75) is 13.5 Å². The molecule has 8 heteroatoms. The lowest BCUT2D eigenvalue weighted by molar-refractivity contribution is 0.148. The highest BCUT2D eigenvalue weighted by Gasteiger charge is 2.16.